The van der Waals surface area contributed by atoms with Crippen molar-refractivity contribution in [3.63, 3.8) is 0 Å². The number of hydrogen-bond donors (Lipinski definition) is 3. The lowest BCUT2D eigenvalue weighted by atomic mass is 9.87. The number of hydrazine groups is 1. The van der Waals surface area contributed by atoms with Crippen molar-refractivity contribution in [3.05, 3.63) is 64.6 Å². The molecule has 1 aromatic carbocycles. The van der Waals surface area contributed by atoms with Crippen LogP contribution < -0.4 is 16.2 Å². The number of nitrogens with one attached hydrogen (secondary N) is 3. The van der Waals surface area contributed by atoms with Crippen LogP contribution in [0, 0.1) is 11.1 Å². The van der Waals surface area contributed by atoms with Gasteiger partial charge in [0.1, 0.15) is 6.54 Å². The molecule has 138 valence electrons. The Labute approximate surface area is 154 Å². The van der Waals surface area contributed by atoms with E-state index < -0.39 is 0 Å². The second kappa shape index (κ2) is 8.67. The maximum atomic E-state index is 12.3. The Hall–Kier alpha value is -2.60. The number of nitrogens with zero attached hydrogens (tertiary/aromatic N) is 2. The first-order valence-corrected chi connectivity index (χ1v) is 9.40. The van der Waals surface area contributed by atoms with Gasteiger partial charge >= 0.3 is 0 Å². The van der Waals surface area contributed by atoms with E-state index in [1.807, 2.05) is 44.5 Å². The molecule has 0 atom stereocenters. The molecule has 0 unspecified atom stereocenters. The van der Waals surface area contributed by atoms with Crippen LogP contribution in [-0.4, -0.2) is 24.5 Å². The maximum Gasteiger partial charge on any atom is 0.253 e. The Morgan fingerprint density at radius 2 is 1.88 bits per heavy atom. The van der Waals surface area contributed by atoms with Crippen LogP contribution in [0.25, 0.3) is 11.3 Å². The summed E-state index contributed by atoms with van der Waals surface area (Å²) >= 11 is 0. The molecule has 3 aliphatic rings. The molecule has 6 heteroatoms. The summed E-state index contributed by atoms with van der Waals surface area (Å²) in [6, 6.07) is 8.13. The van der Waals surface area contributed by atoms with E-state index in [1.54, 1.807) is 0 Å². The number of hydroxylamine groups is 1. The van der Waals surface area contributed by atoms with Crippen molar-refractivity contribution in [2.45, 2.75) is 26.7 Å². The lowest BCUT2D eigenvalue weighted by Gasteiger charge is -2.22. The summed E-state index contributed by atoms with van der Waals surface area (Å²) in [6.07, 6.45) is 7.92. The standard InChI is InChI=1S/C18H21N5O.C2H6/c24-23-18(17(12-22-23)13-4-7-19-8-5-13)15-3-1-2-14(10-15)16-6-9-20-21-11-16;1-2/h1-3,6,9-11,13,19-21H,4-5,7-8,12H2;1-2H3. The Balaban J connectivity index is 0.000000948. The van der Waals surface area contributed by atoms with Crippen molar-refractivity contribution in [2.24, 2.45) is 11.0 Å². The van der Waals surface area contributed by atoms with Crippen LogP contribution >= 0.6 is 0 Å². The number of rotatable bonds is 3. The van der Waals surface area contributed by atoms with Crippen LogP contribution in [-0.2, 0) is 0 Å². The van der Waals surface area contributed by atoms with Gasteiger partial charge in [-0.1, -0.05) is 30.8 Å². The summed E-state index contributed by atoms with van der Waals surface area (Å²) in [7, 11) is 0. The molecule has 4 rings (SSSR count). The Kier molecular flexibility index (Phi) is 6.07. The maximum absolute atomic E-state index is 12.3. The molecular formula is C20H27N5O. The monoisotopic (exact) mass is 353 g/mol. The predicted molar refractivity (Wildman–Crippen MR) is 105 cm³/mol. The second-order valence-electron chi connectivity index (χ2n) is 6.27. The van der Waals surface area contributed by atoms with E-state index in [0.717, 1.165) is 53.2 Å². The summed E-state index contributed by atoms with van der Waals surface area (Å²) in [5.74, 6) is 0.451. The van der Waals surface area contributed by atoms with Gasteiger partial charge < -0.3 is 21.4 Å². The molecule has 3 heterocycles. The lowest BCUT2D eigenvalue weighted by molar-refractivity contribution is -0.426. The number of benzene rings is 1. The van der Waals surface area contributed by atoms with E-state index in [9.17, 15) is 5.21 Å². The number of hydrogen-bond acceptors (Lipinski definition) is 5. The average molecular weight is 353 g/mol. The van der Waals surface area contributed by atoms with E-state index in [1.165, 1.54) is 5.57 Å². The zero-order valence-electron chi connectivity index (χ0n) is 15.5. The predicted octanol–water partition coefficient (Wildman–Crippen LogP) is 3.36. The Morgan fingerprint density at radius 1 is 1.12 bits per heavy atom. The van der Waals surface area contributed by atoms with Gasteiger partial charge in [-0.25, -0.2) is 0 Å². The molecule has 3 N–H and O–H groups in total. The van der Waals surface area contributed by atoms with Gasteiger partial charge in [-0.2, -0.15) is 0 Å². The first kappa shape index (κ1) is 18.2. The first-order chi connectivity index (χ1) is 12.8. The number of allylic oxidation sites excluding steroid dienone is 2. The molecule has 1 aromatic rings. The largest absolute Gasteiger partial charge is 0.594 e. The Bertz CT molecular complexity index is 757. The molecule has 26 heavy (non-hydrogen) atoms. The van der Waals surface area contributed by atoms with E-state index in [-0.39, 0.29) is 0 Å². The summed E-state index contributed by atoms with van der Waals surface area (Å²) in [6.45, 7) is 6.55. The molecule has 1 saturated heterocycles. The molecule has 3 aliphatic heterocycles. The van der Waals surface area contributed by atoms with Crippen LogP contribution in [0.15, 0.2) is 53.4 Å². The normalized spacial score (nSPS) is 19.8. The highest BCUT2D eigenvalue weighted by molar-refractivity contribution is 5.77. The lowest BCUT2D eigenvalue weighted by Crippen LogP contribution is -2.29. The van der Waals surface area contributed by atoms with Crippen molar-refractivity contribution < 1.29 is 4.86 Å². The average Bonchev–Trinajstić information content (AvgIpc) is 3.12. The van der Waals surface area contributed by atoms with Crippen molar-refractivity contribution >= 4 is 11.3 Å². The topological polar surface area (TPSA) is 74.5 Å². The van der Waals surface area contributed by atoms with Crippen molar-refractivity contribution in [2.75, 3.05) is 19.6 Å². The molecular weight excluding hydrogens is 326 g/mol. The van der Waals surface area contributed by atoms with Crippen molar-refractivity contribution in [1.29, 1.82) is 0 Å². The smallest absolute Gasteiger partial charge is 0.253 e. The van der Waals surface area contributed by atoms with E-state index in [0.29, 0.717) is 12.5 Å². The molecule has 0 amide bonds. The third kappa shape index (κ3) is 3.80. The van der Waals surface area contributed by atoms with Gasteiger partial charge in [0.2, 0.25) is 0 Å². The van der Waals surface area contributed by atoms with Gasteiger partial charge in [0.05, 0.1) is 5.56 Å². The SMILES string of the molecule is CC.[O-][N+]1=NCC(C2CCNCC2)=C1c1cccc(C2=CNNC=C2)c1. The van der Waals surface area contributed by atoms with Gasteiger partial charge in [-0.15, -0.1) is 0 Å². The third-order valence-electron chi connectivity index (χ3n) is 4.82. The molecule has 0 spiro atoms. The molecule has 0 aliphatic carbocycles. The second-order valence-corrected chi connectivity index (χ2v) is 6.27. The molecule has 0 bridgehead atoms. The van der Waals surface area contributed by atoms with Gasteiger partial charge in [-0.05, 0) is 60.7 Å². The summed E-state index contributed by atoms with van der Waals surface area (Å²) in [5, 5.41) is 19.8. The van der Waals surface area contributed by atoms with Gasteiger partial charge in [0.15, 0.2) is 0 Å². The van der Waals surface area contributed by atoms with Gasteiger partial charge in [0, 0.05) is 23.5 Å². The fourth-order valence-electron chi connectivity index (χ4n) is 3.57. The summed E-state index contributed by atoms with van der Waals surface area (Å²) < 4.78 is 0. The van der Waals surface area contributed by atoms with Crippen LogP contribution in [0.4, 0.5) is 0 Å². The molecule has 1 fully saturated rings. The highest BCUT2D eigenvalue weighted by atomic mass is 16.5. The molecule has 6 nitrogen and oxygen atoms in total. The zero-order chi connectivity index (χ0) is 18.4. The van der Waals surface area contributed by atoms with Crippen LogP contribution in [0.1, 0.15) is 37.8 Å². The quantitative estimate of drug-likeness (QED) is 0.575. The van der Waals surface area contributed by atoms with Crippen LogP contribution in [0.5, 0.6) is 0 Å². The minimum absolute atomic E-state index is 0.451. The van der Waals surface area contributed by atoms with E-state index in [4.69, 9.17) is 0 Å². The first-order valence-electron chi connectivity index (χ1n) is 9.40. The fraction of sp³-hybridized carbons (Fsp3) is 0.400. The minimum Gasteiger partial charge on any atom is -0.594 e. The number of azo groups is 1. The molecule has 0 aromatic heterocycles. The minimum atomic E-state index is 0.451. The fourth-order valence-corrected chi connectivity index (χ4v) is 3.57. The molecule has 0 saturated carbocycles. The molecule has 0 radical (unpaired) electrons. The zero-order valence-corrected chi connectivity index (χ0v) is 15.5. The summed E-state index contributed by atoms with van der Waals surface area (Å²) in [4.78, 5) is 0.821. The number of piperidine rings is 1. The van der Waals surface area contributed by atoms with Crippen LogP contribution in [0.2, 0.25) is 0 Å². The van der Waals surface area contributed by atoms with E-state index in [2.05, 4.69) is 33.4 Å². The van der Waals surface area contributed by atoms with Crippen LogP contribution in [0.3, 0.4) is 0 Å². The third-order valence-corrected chi connectivity index (χ3v) is 4.82. The highest BCUT2D eigenvalue weighted by Gasteiger charge is 2.31. The Morgan fingerprint density at radius 3 is 2.62 bits per heavy atom. The van der Waals surface area contributed by atoms with Crippen molar-refractivity contribution in [3.8, 4) is 0 Å². The van der Waals surface area contributed by atoms with Gasteiger partial charge in [-0.3, -0.25) is 0 Å². The van der Waals surface area contributed by atoms with Crippen molar-refractivity contribution in [1.82, 2.24) is 16.2 Å². The highest BCUT2D eigenvalue weighted by Crippen LogP contribution is 2.34. The van der Waals surface area contributed by atoms with Gasteiger partial charge in [0.25, 0.3) is 5.70 Å². The van der Waals surface area contributed by atoms with E-state index >= 15 is 0 Å². The summed E-state index contributed by atoms with van der Waals surface area (Å²) in [5.41, 5.74) is 10.9.